The van der Waals surface area contributed by atoms with Gasteiger partial charge in [-0.25, -0.2) is 4.79 Å². The van der Waals surface area contributed by atoms with Crippen LogP contribution in [0.5, 0.6) is 0 Å². The highest BCUT2D eigenvalue weighted by Gasteiger charge is 2.30. The van der Waals surface area contributed by atoms with Gasteiger partial charge >= 0.3 is 5.97 Å². The molecule has 7 nitrogen and oxygen atoms in total. The SMILES string of the molecule is COC(=O)c1c(NC(=O)CC2[NH2+]CCNC2=O)sc2c1CCCC2. The summed E-state index contributed by atoms with van der Waals surface area (Å²) in [6.45, 7) is 1.39. The molecule has 1 unspecified atom stereocenters. The topological polar surface area (TPSA) is 101 Å². The Morgan fingerprint density at radius 1 is 1.38 bits per heavy atom. The summed E-state index contributed by atoms with van der Waals surface area (Å²) in [5.74, 6) is -0.779. The van der Waals surface area contributed by atoms with Crippen LogP contribution in [0.4, 0.5) is 5.00 Å². The predicted molar refractivity (Wildman–Crippen MR) is 89.1 cm³/mol. The summed E-state index contributed by atoms with van der Waals surface area (Å²) in [5, 5.41) is 8.01. The van der Waals surface area contributed by atoms with Gasteiger partial charge in [0.15, 0.2) is 6.04 Å². The minimum atomic E-state index is -0.410. The molecule has 0 radical (unpaired) electrons. The number of hydrogen-bond donors (Lipinski definition) is 3. The fourth-order valence-electron chi connectivity index (χ4n) is 3.24. The second kappa shape index (κ2) is 7.31. The first-order chi connectivity index (χ1) is 11.6. The zero-order valence-corrected chi connectivity index (χ0v) is 14.5. The first-order valence-electron chi connectivity index (χ1n) is 8.24. The summed E-state index contributed by atoms with van der Waals surface area (Å²) < 4.78 is 4.90. The highest BCUT2D eigenvalue weighted by Crippen LogP contribution is 2.38. The quantitative estimate of drug-likeness (QED) is 0.654. The number of ether oxygens (including phenoxy) is 1. The number of esters is 1. The van der Waals surface area contributed by atoms with Crippen molar-refractivity contribution in [3.63, 3.8) is 0 Å². The van der Waals surface area contributed by atoms with Crippen LogP contribution in [0, 0.1) is 0 Å². The number of fused-ring (bicyclic) bond motifs is 1. The molecule has 0 spiro atoms. The lowest BCUT2D eigenvalue weighted by atomic mass is 9.95. The summed E-state index contributed by atoms with van der Waals surface area (Å²) in [6.07, 6.45) is 4.00. The van der Waals surface area contributed by atoms with Gasteiger partial charge in [-0.05, 0) is 31.2 Å². The molecule has 130 valence electrons. The van der Waals surface area contributed by atoms with E-state index in [2.05, 4.69) is 10.6 Å². The van der Waals surface area contributed by atoms with Crippen LogP contribution in [-0.4, -0.2) is 44.0 Å². The minimum absolute atomic E-state index is 0.0923. The van der Waals surface area contributed by atoms with Gasteiger partial charge in [0.05, 0.1) is 32.2 Å². The van der Waals surface area contributed by atoms with E-state index in [4.69, 9.17) is 4.74 Å². The molecule has 0 aromatic carbocycles. The highest BCUT2D eigenvalue weighted by molar-refractivity contribution is 7.17. The van der Waals surface area contributed by atoms with E-state index in [9.17, 15) is 14.4 Å². The molecule has 1 atom stereocenters. The van der Waals surface area contributed by atoms with Gasteiger partial charge in [0.1, 0.15) is 5.00 Å². The normalized spacial score (nSPS) is 20.0. The number of rotatable bonds is 4. The molecule has 0 saturated carbocycles. The Bertz CT molecular complexity index is 671. The van der Waals surface area contributed by atoms with E-state index in [0.29, 0.717) is 17.1 Å². The Morgan fingerprint density at radius 3 is 2.92 bits per heavy atom. The van der Waals surface area contributed by atoms with Crippen molar-refractivity contribution in [2.24, 2.45) is 0 Å². The molecule has 1 fully saturated rings. The van der Waals surface area contributed by atoms with Gasteiger partial charge in [0.2, 0.25) is 5.91 Å². The standard InChI is InChI=1S/C16H21N3O4S/c1-23-16(22)13-9-4-2-3-5-11(9)24-15(13)19-12(20)8-10-14(21)18-7-6-17-10/h10,17H,2-8H2,1H3,(H,18,21)(H,19,20)/p+1. The van der Waals surface area contributed by atoms with Gasteiger partial charge in [-0.3, -0.25) is 9.59 Å². The first-order valence-corrected chi connectivity index (χ1v) is 9.05. The van der Waals surface area contributed by atoms with E-state index >= 15 is 0 Å². The molecule has 2 heterocycles. The third-order valence-corrected chi connectivity index (χ3v) is 5.66. The van der Waals surface area contributed by atoms with Crippen LogP contribution < -0.4 is 16.0 Å². The molecule has 1 aromatic rings. The van der Waals surface area contributed by atoms with Crippen molar-refractivity contribution < 1.29 is 24.4 Å². The molecule has 1 aromatic heterocycles. The number of quaternary nitrogens is 1. The third-order valence-electron chi connectivity index (χ3n) is 4.45. The largest absolute Gasteiger partial charge is 0.465 e. The molecular formula is C16H22N3O4S+. The van der Waals surface area contributed by atoms with Crippen molar-refractivity contribution in [2.45, 2.75) is 38.1 Å². The predicted octanol–water partition coefficient (Wildman–Crippen LogP) is -0.196. The highest BCUT2D eigenvalue weighted by atomic mass is 32.1. The lowest BCUT2D eigenvalue weighted by molar-refractivity contribution is -0.678. The van der Waals surface area contributed by atoms with E-state index in [0.717, 1.165) is 42.7 Å². The smallest absolute Gasteiger partial charge is 0.341 e. The van der Waals surface area contributed by atoms with Crippen LogP contribution in [0.25, 0.3) is 0 Å². The molecule has 2 amide bonds. The van der Waals surface area contributed by atoms with Crippen LogP contribution in [0.2, 0.25) is 0 Å². The van der Waals surface area contributed by atoms with E-state index < -0.39 is 12.0 Å². The molecular weight excluding hydrogens is 330 g/mol. The zero-order chi connectivity index (χ0) is 17.1. The Hall–Kier alpha value is -1.93. The van der Waals surface area contributed by atoms with Crippen LogP contribution in [0.1, 0.15) is 40.1 Å². The van der Waals surface area contributed by atoms with Crippen LogP contribution in [0.3, 0.4) is 0 Å². The molecule has 1 aliphatic carbocycles. The average molecular weight is 352 g/mol. The van der Waals surface area contributed by atoms with Gasteiger partial charge in [-0.1, -0.05) is 0 Å². The number of nitrogens with two attached hydrogens (primary N) is 1. The lowest BCUT2D eigenvalue weighted by Gasteiger charge is -2.19. The molecule has 2 aliphatic rings. The monoisotopic (exact) mass is 352 g/mol. The number of methoxy groups -OCH3 is 1. The number of aryl methyl sites for hydroxylation is 1. The van der Waals surface area contributed by atoms with E-state index in [1.54, 1.807) is 0 Å². The Kier molecular flexibility index (Phi) is 5.15. The summed E-state index contributed by atoms with van der Waals surface area (Å²) in [5.41, 5.74) is 1.50. The second-order valence-corrected chi connectivity index (χ2v) is 7.19. The number of piperazine rings is 1. The maximum Gasteiger partial charge on any atom is 0.341 e. The summed E-state index contributed by atoms with van der Waals surface area (Å²) >= 11 is 1.45. The summed E-state index contributed by atoms with van der Waals surface area (Å²) in [7, 11) is 1.35. The Balaban J connectivity index is 1.76. The van der Waals surface area contributed by atoms with Crippen molar-refractivity contribution in [3.8, 4) is 0 Å². The maximum atomic E-state index is 12.3. The van der Waals surface area contributed by atoms with Crippen molar-refractivity contribution in [1.82, 2.24) is 5.32 Å². The third kappa shape index (κ3) is 3.44. The number of carbonyl (C=O) groups is 3. The number of nitrogens with one attached hydrogen (secondary N) is 2. The lowest BCUT2D eigenvalue weighted by Crippen LogP contribution is -2.96. The first kappa shape index (κ1) is 16.9. The molecule has 4 N–H and O–H groups in total. The number of hydrogen-bond acceptors (Lipinski definition) is 5. The Labute approximate surface area is 144 Å². The number of thiophene rings is 1. The van der Waals surface area contributed by atoms with E-state index in [1.807, 2.05) is 5.32 Å². The van der Waals surface area contributed by atoms with Gasteiger partial charge in [-0.15, -0.1) is 11.3 Å². The van der Waals surface area contributed by atoms with Crippen molar-refractivity contribution in [2.75, 3.05) is 25.5 Å². The van der Waals surface area contributed by atoms with Gasteiger partial charge in [-0.2, -0.15) is 0 Å². The molecule has 24 heavy (non-hydrogen) atoms. The fourth-order valence-corrected chi connectivity index (χ4v) is 4.54. The molecule has 1 saturated heterocycles. The van der Waals surface area contributed by atoms with Crippen LogP contribution >= 0.6 is 11.3 Å². The van der Waals surface area contributed by atoms with Gasteiger partial charge in [0, 0.05) is 4.88 Å². The number of carbonyl (C=O) groups excluding carboxylic acids is 3. The Morgan fingerprint density at radius 2 is 2.17 bits per heavy atom. The van der Waals surface area contributed by atoms with E-state index in [1.165, 1.54) is 18.4 Å². The van der Waals surface area contributed by atoms with Crippen molar-refractivity contribution >= 4 is 34.1 Å². The zero-order valence-electron chi connectivity index (χ0n) is 13.6. The van der Waals surface area contributed by atoms with Crippen molar-refractivity contribution in [3.05, 3.63) is 16.0 Å². The second-order valence-electron chi connectivity index (χ2n) is 6.08. The number of amides is 2. The van der Waals surface area contributed by atoms with Gasteiger partial charge in [0.25, 0.3) is 5.91 Å². The molecule has 3 rings (SSSR count). The van der Waals surface area contributed by atoms with Crippen LogP contribution in [0.15, 0.2) is 0 Å². The van der Waals surface area contributed by atoms with Gasteiger partial charge < -0.3 is 20.7 Å². The van der Waals surface area contributed by atoms with Crippen molar-refractivity contribution in [1.29, 1.82) is 0 Å². The molecule has 1 aliphatic heterocycles. The molecule has 8 heteroatoms. The number of anilines is 1. The van der Waals surface area contributed by atoms with Crippen LogP contribution in [-0.2, 0) is 27.2 Å². The summed E-state index contributed by atoms with van der Waals surface area (Å²) in [4.78, 5) is 37.4. The minimum Gasteiger partial charge on any atom is -0.465 e. The molecule has 0 bridgehead atoms. The van der Waals surface area contributed by atoms with E-state index in [-0.39, 0.29) is 18.2 Å². The average Bonchev–Trinajstić information content (AvgIpc) is 2.94. The maximum absolute atomic E-state index is 12.3. The fraction of sp³-hybridized carbons (Fsp3) is 0.562. The summed E-state index contributed by atoms with van der Waals surface area (Å²) in [6, 6.07) is -0.407.